The number of aliphatic carboxylic acids is 1. The minimum atomic E-state index is -0.914. The molecular weight excluding hydrogens is 236 g/mol. The fourth-order valence-electron chi connectivity index (χ4n) is 2.71. The van der Waals surface area contributed by atoms with E-state index >= 15 is 0 Å². The summed E-state index contributed by atoms with van der Waals surface area (Å²) in [5.41, 5.74) is -0.522. The number of carbonyl (C=O) groups excluding carboxylic acids is 1. The largest absolute Gasteiger partial charge is 0.481 e. The Bertz CT molecular complexity index is 339. The van der Waals surface area contributed by atoms with E-state index in [0.29, 0.717) is 6.42 Å². The van der Waals surface area contributed by atoms with Crippen molar-refractivity contribution in [1.82, 2.24) is 10.6 Å². The molecule has 0 aromatic rings. The Morgan fingerprint density at radius 1 is 1.50 bits per heavy atom. The summed E-state index contributed by atoms with van der Waals surface area (Å²) < 4.78 is 5.15. The van der Waals surface area contributed by atoms with E-state index in [1.807, 2.05) is 6.92 Å². The molecule has 18 heavy (non-hydrogen) atoms. The average molecular weight is 256 g/mol. The fourth-order valence-corrected chi connectivity index (χ4v) is 2.71. The van der Waals surface area contributed by atoms with Gasteiger partial charge in [0.05, 0.1) is 24.8 Å². The van der Waals surface area contributed by atoms with Gasteiger partial charge in [-0.1, -0.05) is 6.92 Å². The van der Waals surface area contributed by atoms with Gasteiger partial charge in [-0.25, -0.2) is 0 Å². The van der Waals surface area contributed by atoms with Crippen LogP contribution in [0.5, 0.6) is 0 Å². The van der Waals surface area contributed by atoms with E-state index in [1.165, 1.54) is 0 Å². The van der Waals surface area contributed by atoms with Crippen molar-refractivity contribution < 1.29 is 19.4 Å². The van der Waals surface area contributed by atoms with Crippen LogP contribution in [0.15, 0.2) is 0 Å². The van der Waals surface area contributed by atoms with Crippen LogP contribution < -0.4 is 10.6 Å². The van der Waals surface area contributed by atoms with Crippen LogP contribution in [0, 0.1) is 5.92 Å². The molecular formula is C12H20N2O4. The van der Waals surface area contributed by atoms with Crippen molar-refractivity contribution in [2.75, 3.05) is 19.8 Å². The number of carboxylic acids is 1. The lowest BCUT2D eigenvalue weighted by Crippen LogP contribution is -2.57. The van der Waals surface area contributed by atoms with Gasteiger partial charge in [0, 0.05) is 0 Å². The van der Waals surface area contributed by atoms with Gasteiger partial charge in [-0.05, 0) is 25.8 Å². The zero-order valence-electron chi connectivity index (χ0n) is 10.6. The normalized spacial score (nSPS) is 35.6. The summed E-state index contributed by atoms with van der Waals surface area (Å²) in [6.45, 7) is 3.26. The van der Waals surface area contributed by atoms with Crippen molar-refractivity contribution >= 4 is 11.9 Å². The Morgan fingerprint density at radius 3 is 2.83 bits per heavy atom. The van der Waals surface area contributed by atoms with E-state index in [9.17, 15) is 9.59 Å². The number of carbonyl (C=O) groups is 2. The summed E-state index contributed by atoms with van der Waals surface area (Å²) in [5, 5.41) is 15.1. The summed E-state index contributed by atoms with van der Waals surface area (Å²) in [5.74, 6) is -1.64. The maximum atomic E-state index is 12.3. The molecule has 2 aliphatic heterocycles. The Labute approximate surface area is 106 Å². The maximum absolute atomic E-state index is 12.3. The quantitative estimate of drug-likeness (QED) is 0.644. The smallest absolute Gasteiger partial charge is 0.311 e. The topological polar surface area (TPSA) is 87.7 Å². The zero-order chi connectivity index (χ0) is 13.2. The molecule has 0 saturated carbocycles. The van der Waals surface area contributed by atoms with Gasteiger partial charge in [-0.2, -0.15) is 0 Å². The Kier molecular flexibility index (Phi) is 3.87. The number of hydrogen-bond donors (Lipinski definition) is 3. The SMILES string of the molecule is CCC1(C(=O)NC2COCC2C(=O)O)CCCN1. The van der Waals surface area contributed by atoms with E-state index < -0.39 is 23.5 Å². The molecule has 0 aliphatic carbocycles. The van der Waals surface area contributed by atoms with Gasteiger partial charge in [-0.15, -0.1) is 0 Å². The molecule has 2 heterocycles. The Balaban J connectivity index is 2.00. The van der Waals surface area contributed by atoms with Crippen LogP contribution in [0.1, 0.15) is 26.2 Å². The lowest BCUT2D eigenvalue weighted by molar-refractivity contribution is -0.142. The molecule has 1 amide bonds. The fraction of sp³-hybridized carbons (Fsp3) is 0.833. The molecule has 0 bridgehead atoms. The highest BCUT2D eigenvalue weighted by Gasteiger charge is 2.42. The third kappa shape index (κ3) is 2.35. The summed E-state index contributed by atoms with van der Waals surface area (Å²) in [6, 6.07) is -0.416. The predicted molar refractivity (Wildman–Crippen MR) is 64.1 cm³/mol. The van der Waals surface area contributed by atoms with Crippen LogP contribution in [0.25, 0.3) is 0 Å². The van der Waals surface area contributed by atoms with Gasteiger partial charge in [0.1, 0.15) is 5.92 Å². The highest BCUT2D eigenvalue weighted by Crippen LogP contribution is 2.24. The third-order valence-corrected chi connectivity index (χ3v) is 4.00. The molecule has 2 aliphatic rings. The zero-order valence-corrected chi connectivity index (χ0v) is 10.6. The molecule has 0 aromatic carbocycles. The summed E-state index contributed by atoms with van der Waals surface area (Å²) in [4.78, 5) is 23.3. The third-order valence-electron chi connectivity index (χ3n) is 4.00. The number of ether oxygens (including phenoxy) is 1. The van der Waals surface area contributed by atoms with Gasteiger partial charge in [0.15, 0.2) is 0 Å². The highest BCUT2D eigenvalue weighted by atomic mass is 16.5. The molecule has 0 radical (unpaired) electrons. The number of carboxylic acid groups (broad SMARTS) is 1. The molecule has 3 unspecified atom stereocenters. The number of hydrogen-bond acceptors (Lipinski definition) is 4. The predicted octanol–water partition coefficient (Wildman–Crippen LogP) is -0.266. The molecule has 0 aromatic heterocycles. The molecule has 3 N–H and O–H groups in total. The molecule has 2 fully saturated rings. The molecule has 2 saturated heterocycles. The van der Waals surface area contributed by atoms with E-state index in [2.05, 4.69) is 10.6 Å². The van der Waals surface area contributed by atoms with Crippen molar-refractivity contribution in [2.45, 2.75) is 37.8 Å². The Morgan fingerprint density at radius 2 is 2.28 bits per heavy atom. The first-order valence-electron chi connectivity index (χ1n) is 6.45. The van der Waals surface area contributed by atoms with E-state index in [0.717, 1.165) is 19.4 Å². The van der Waals surface area contributed by atoms with Gasteiger partial charge in [0.25, 0.3) is 0 Å². The average Bonchev–Trinajstić information content (AvgIpc) is 2.97. The van der Waals surface area contributed by atoms with Crippen molar-refractivity contribution in [3.05, 3.63) is 0 Å². The molecule has 102 valence electrons. The first-order valence-corrected chi connectivity index (χ1v) is 6.45. The summed E-state index contributed by atoms with van der Waals surface area (Å²) >= 11 is 0. The summed E-state index contributed by atoms with van der Waals surface area (Å²) in [7, 11) is 0. The summed E-state index contributed by atoms with van der Waals surface area (Å²) in [6.07, 6.45) is 2.50. The van der Waals surface area contributed by atoms with Gasteiger partial charge in [0.2, 0.25) is 5.91 Å². The van der Waals surface area contributed by atoms with Crippen molar-refractivity contribution in [3.8, 4) is 0 Å². The lowest BCUT2D eigenvalue weighted by atomic mass is 9.92. The van der Waals surface area contributed by atoms with Crippen molar-refractivity contribution in [3.63, 3.8) is 0 Å². The monoisotopic (exact) mass is 256 g/mol. The van der Waals surface area contributed by atoms with E-state index in [4.69, 9.17) is 9.84 Å². The second-order valence-corrected chi connectivity index (χ2v) is 5.03. The lowest BCUT2D eigenvalue weighted by Gasteiger charge is -2.29. The minimum Gasteiger partial charge on any atom is -0.481 e. The van der Waals surface area contributed by atoms with Crippen LogP contribution in [0.4, 0.5) is 0 Å². The van der Waals surface area contributed by atoms with Gasteiger partial charge >= 0.3 is 5.97 Å². The second kappa shape index (κ2) is 5.24. The Hall–Kier alpha value is -1.14. The molecule has 0 spiro atoms. The standard InChI is InChI=1S/C12H20N2O4/c1-2-12(4-3-5-13-12)11(17)14-9-7-18-6-8(9)10(15)16/h8-9,13H,2-7H2,1H3,(H,14,17)(H,15,16). The minimum absolute atomic E-state index is 0.0933. The molecule has 3 atom stereocenters. The molecule has 2 rings (SSSR count). The van der Waals surface area contributed by atoms with Crippen molar-refractivity contribution in [1.29, 1.82) is 0 Å². The number of rotatable bonds is 4. The van der Waals surface area contributed by atoms with Gasteiger partial charge in [-0.3, -0.25) is 9.59 Å². The van der Waals surface area contributed by atoms with Crippen LogP contribution in [0.3, 0.4) is 0 Å². The van der Waals surface area contributed by atoms with Crippen LogP contribution in [-0.2, 0) is 14.3 Å². The van der Waals surface area contributed by atoms with Crippen molar-refractivity contribution in [2.24, 2.45) is 5.92 Å². The second-order valence-electron chi connectivity index (χ2n) is 5.03. The maximum Gasteiger partial charge on any atom is 0.311 e. The van der Waals surface area contributed by atoms with Gasteiger partial charge < -0.3 is 20.5 Å². The molecule has 6 nitrogen and oxygen atoms in total. The highest BCUT2D eigenvalue weighted by molar-refractivity contribution is 5.87. The molecule has 6 heteroatoms. The van der Waals surface area contributed by atoms with E-state index in [-0.39, 0.29) is 19.1 Å². The van der Waals surface area contributed by atoms with Crippen LogP contribution >= 0.6 is 0 Å². The van der Waals surface area contributed by atoms with Crippen LogP contribution in [0.2, 0.25) is 0 Å². The number of nitrogens with one attached hydrogen (secondary N) is 2. The first-order chi connectivity index (χ1) is 8.59. The first kappa shape index (κ1) is 13.3. The number of amides is 1. The van der Waals surface area contributed by atoms with Crippen LogP contribution in [-0.4, -0.2) is 48.3 Å². The van der Waals surface area contributed by atoms with E-state index in [1.54, 1.807) is 0 Å².